The van der Waals surface area contributed by atoms with Crippen molar-refractivity contribution in [2.24, 2.45) is 0 Å². The molecule has 0 fully saturated rings. The summed E-state index contributed by atoms with van der Waals surface area (Å²) in [6.45, 7) is 17.4. The fourth-order valence-electron chi connectivity index (χ4n) is 1.61. The number of carboxylic acids is 1. The van der Waals surface area contributed by atoms with Crippen LogP contribution in [0.15, 0.2) is 86.0 Å². The normalized spacial score (nSPS) is 8.86. The van der Waals surface area contributed by atoms with E-state index in [0.29, 0.717) is 12.2 Å². The van der Waals surface area contributed by atoms with Gasteiger partial charge in [0.2, 0.25) is 0 Å². The molecule has 0 atom stereocenters. The van der Waals surface area contributed by atoms with E-state index >= 15 is 0 Å². The second kappa shape index (κ2) is 26.4. The minimum Gasteiger partial charge on any atom is -0.478 e. The van der Waals surface area contributed by atoms with Crippen molar-refractivity contribution in [1.29, 1.82) is 0 Å². The molecule has 37 heavy (non-hydrogen) atoms. The van der Waals surface area contributed by atoms with Gasteiger partial charge in [0.1, 0.15) is 6.61 Å². The van der Waals surface area contributed by atoms with Crippen molar-refractivity contribution in [3.63, 3.8) is 0 Å². The van der Waals surface area contributed by atoms with Gasteiger partial charge in [0.15, 0.2) is 0 Å². The lowest BCUT2D eigenvalue weighted by Gasteiger charge is -2.02. The molecule has 0 aliphatic rings. The number of ether oxygens (including phenoxy) is 3. The van der Waals surface area contributed by atoms with Gasteiger partial charge in [-0.15, -0.1) is 0 Å². The zero-order valence-corrected chi connectivity index (χ0v) is 21.8. The third-order valence-corrected chi connectivity index (χ3v) is 3.49. The average Bonchev–Trinajstić information content (AvgIpc) is 2.91. The lowest BCUT2D eigenvalue weighted by Crippen LogP contribution is -2.07. The van der Waals surface area contributed by atoms with Gasteiger partial charge in [0, 0.05) is 17.7 Å². The van der Waals surface area contributed by atoms with Crippen LogP contribution >= 0.6 is 0 Å². The molecule has 1 aromatic carbocycles. The molecule has 0 aliphatic carbocycles. The number of unbranched alkanes of at least 4 members (excludes halogenated alkanes) is 1. The number of benzene rings is 1. The second-order valence-electron chi connectivity index (χ2n) is 6.67. The number of carbonyl (C=O) groups excluding carboxylic acids is 3. The standard InChI is InChI=1S/C10H14O4.C8H8.C5H8O3.C5H8O2/c1-3-4-7-14-10(13)8(2)5-6-9(11)12;1-2-8-6-4-3-5-7-8;1-2-5(7)8-4-3-6;1-4(2)5(6)7-3/h5-6H,2-4,7H2,1H3,(H,11,12);2-7H,1H2;2,6H,1,3-4H2;1H2,2-3H3. The first kappa shape index (κ1) is 37.3. The third-order valence-electron chi connectivity index (χ3n) is 3.49. The zero-order chi connectivity index (χ0) is 29.1. The maximum absolute atomic E-state index is 11.1. The van der Waals surface area contributed by atoms with Gasteiger partial charge < -0.3 is 24.4 Å². The Balaban J connectivity index is -0.000000436. The van der Waals surface area contributed by atoms with Crippen LogP contribution in [0.1, 0.15) is 32.3 Å². The predicted octanol–water partition coefficient (Wildman–Crippen LogP) is 4.30. The largest absolute Gasteiger partial charge is 0.478 e. The topological polar surface area (TPSA) is 136 Å². The molecule has 0 aliphatic heterocycles. The first-order chi connectivity index (χ1) is 17.5. The maximum atomic E-state index is 11.1. The zero-order valence-electron chi connectivity index (χ0n) is 21.8. The van der Waals surface area contributed by atoms with Crippen molar-refractivity contribution in [3.05, 3.63) is 91.6 Å². The van der Waals surface area contributed by atoms with E-state index in [1.807, 2.05) is 43.3 Å². The Morgan fingerprint density at radius 3 is 1.89 bits per heavy atom. The molecule has 0 amide bonds. The molecule has 0 heterocycles. The summed E-state index contributed by atoms with van der Waals surface area (Å²) in [5.41, 5.74) is 1.65. The van der Waals surface area contributed by atoms with Crippen molar-refractivity contribution in [1.82, 2.24) is 0 Å². The van der Waals surface area contributed by atoms with Gasteiger partial charge in [-0.1, -0.05) is 76.1 Å². The van der Waals surface area contributed by atoms with Gasteiger partial charge in [-0.3, -0.25) is 0 Å². The highest BCUT2D eigenvalue weighted by Crippen LogP contribution is 1.99. The molecule has 1 rings (SSSR count). The number of aliphatic hydroxyl groups excluding tert-OH is 1. The van der Waals surface area contributed by atoms with Crippen molar-refractivity contribution in [3.8, 4) is 0 Å². The second-order valence-corrected chi connectivity index (χ2v) is 6.67. The Bertz CT molecular complexity index is 884. The van der Waals surface area contributed by atoms with Gasteiger partial charge in [-0.25, -0.2) is 19.2 Å². The van der Waals surface area contributed by atoms with E-state index in [0.717, 1.165) is 31.1 Å². The van der Waals surface area contributed by atoms with Crippen LogP contribution in [0, 0.1) is 0 Å². The van der Waals surface area contributed by atoms with E-state index in [2.05, 4.69) is 35.8 Å². The fourth-order valence-corrected chi connectivity index (χ4v) is 1.61. The van der Waals surface area contributed by atoms with Crippen LogP contribution < -0.4 is 0 Å². The smallest absolute Gasteiger partial charge is 0.337 e. The summed E-state index contributed by atoms with van der Waals surface area (Å²) in [7, 11) is 1.33. The number of hydrogen-bond donors (Lipinski definition) is 2. The molecule has 1 aromatic rings. The highest BCUT2D eigenvalue weighted by atomic mass is 16.5. The lowest BCUT2D eigenvalue weighted by atomic mass is 10.2. The van der Waals surface area contributed by atoms with Crippen LogP contribution in [-0.4, -0.2) is 61.0 Å². The number of aliphatic hydroxyl groups is 1. The molecule has 9 heteroatoms. The molecular formula is C28H38O9. The van der Waals surface area contributed by atoms with Crippen LogP contribution in [0.25, 0.3) is 6.08 Å². The first-order valence-electron chi connectivity index (χ1n) is 11.1. The lowest BCUT2D eigenvalue weighted by molar-refractivity contribution is -0.139. The predicted molar refractivity (Wildman–Crippen MR) is 143 cm³/mol. The molecule has 0 saturated carbocycles. The Morgan fingerprint density at radius 2 is 1.54 bits per heavy atom. The van der Waals surface area contributed by atoms with Crippen LogP contribution in [0.4, 0.5) is 0 Å². The molecule has 2 N–H and O–H groups in total. The van der Waals surface area contributed by atoms with Gasteiger partial charge >= 0.3 is 23.9 Å². The van der Waals surface area contributed by atoms with E-state index in [4.69, 9.17) is 14.9 Å². The van der Waals surface area contributed by atoms with Gasteiger partial charge in [0.25, 0.3) is 0 Å². The molecule has 0 spiro atoms. The number of hydrogen-bond acceptors (Lipinski definition) is 8. The number of aliphatic carboxylic acids is 1. The maximum Gasteiger partial charge on any atom is 0.337 e. The van der Waals surface area contributed by atoms with E-state index in [9.17, 15) is 19.2 Å². The van der Waals surface area contributed by atoms with E-state index in [-0.39, 0.29) is 24.8 Å². The monoisotopic (exact) mass is 518 g/mol. The number of rotatable bonds is 11. The van der Waals surface area contributed by atoms with Crippen molar-refractivity contribution < 1.29 is 43.6 Å². The number of methoxy groups -OCH3 is 1. The molecule has 0 aromatic heterocycles. The number of esters is 3. The molecular weight excluding hydrogens is 480 g/mol. The van der Waals surface area contributed by atoms with Gasteiger partial charge in [-0.05, 0) is 25.0 Å². The number of carboxylic acid groups (broad SMARTS) is 1. The summed E-state index contributed by atoms with van der Waals surface area (Å²) >= 11 is 0. The summed E-state index contributed by atoms with van der Waals surface area (Å²) in [6.07, 6.45) is 6.59. The summed E-state index contributed by atoms with van der Waals surface area (Å²) in [5, 5.41) is 16.4. The van der Waals surface area contributed by atoms with E-state index in [1.165, 1.54) is 12.7 Å². The van der Waals surface area contributed by atoms with Gasteiger partial charge in [0.05, 0.1) is 25.9 Å². The van der Waals surface area contributed by atoms with Crippen LogP contribution in [-0.2, 0) is 33.4 Å². The summed E-state index contributed by atoms with van der Waals surface area (Å²) in [4.78, 5) is 41.5. The SMILES string of the molecule is C=C(C)C(=O)OC.C=C(C=CC(=O)O)C(=O)OCCCC.C=CC(=O)OCCO.C=Cc1ccccc1. The van der Waals surface area contributed by atoms with E-state index in [1.54, 1.807) is 6.92 Å². The quantitative estimate of drug-likeness (QED) is 0.144. The highest BCUT2D eigenvalue weighted by Gasteiger charge is 2.04. The third kappa shape index (κ3) is 27.9. The molecule has 0 unspecified atom stereocenters. The van der Waals surface area contributed by atoms with Crippen LogP contribution in [0.2, 0.25) is 0 Å². The average molecular weight is 519 g/mol. The molecule has 0 saturated heterocycles. The Morgan fingerprint density at radius 1 is 0.946 bits per heavy atom. The molecule has 0 bridgehead atoms. The Labute approximate surface area is 219 Å². The highest BCUT2D eigenvalue weighted by molar-refractivity contribution is 5.93. The minimum atomic E-state index is -1.12. The summed E-state index contributed by atoms with van der Waals surface area (Å²) in [5.74, 6) is -2.54. The minimum absolute atomic E-state index is 0.0449. The molecule has 0 radical (unpaired) electrons. The Hall–Kier alpha value is -4.24. The van der Waals surface area contributed by atoms with Crippen molar-refractivity contribution in [2.75, 3.05) is 26.9 Å². The number of carbonyl (C=O) groups is 4. The summed E-state index contributed by atoms with van der Waals surface area (Å²) < 4.78 is 13.4. The van der Waals surface area contributed by atoms with Crippen LogP contribution in [0.5, 0.6) is 0 Å². The Kier molecular flexibility index (Phi) is 26.6. The van der Waals surface area contributed by atoms with Crippen molar-refractivity contribution >= 4 is 30.0 Å². The molecule has 204 valence electrons. The van der Waals surface area contributed by atoms with E-state index < -0.39 is 17.9 Å². The van der Waals surface area contributed by atoms with Crippen LogP contribution in [0.3, 0.4) is 0 Å². The first-order valence-corrected chi connectivity index (χ1v) is 11.1. The molecule has 9 nitrogen and oxygen atoms in total. The summed E-state index contributed by atoms with van der Waals surface area (Å²) in [6, 6.07) is 10.0. The fraction of sp³-hybridized carbons (Fsp3) is 0.286. The van der Waals surface area contributed by atoms with Gasteiger partial charge in [-0.2, -0.15) is 0 Å². The van der Waals surface area contributed by atoms with Crippen molar-refractivity contribution in [2.45, 2.75) is 26.7 Å².